The van der Waals surface area contributed by atoms with E-state index in [2.05, 4.69) is 376 Å². The SMILES string of the molecule is c1ccc(-c2cccc(-c3cccc(-c4nc(-c5ccc(-n6c7ccccc7c7cc(-c8ccc9c(c8)c8ccccc8n9-c8ccccc8)ccc76)cc5)nc(-c5cccc(-n6c7ccccc7c7cc(-c8ccc9c(c8)c8ccccc8n9-c8ccccc8)ccc76)c5)n4)c3)c2)cc1. The van der Waals surface area contributed by atoms with E-state index in [0.717, 1.165) is 83.8 Å². The van der Waals surface area contributed by atoms with Gasteiger partial charge in [0, 0.05) is 82.5 Å². The molecule has 7 nitrogen and oxygen atoms in total. The summed E-state index contributed by atoms with van der Waals surface area (Å²) in [5.41, 5.74) is 25.4. The van der Waals surface area contributed by atoms with E-state index >= 15 is 0 Å². The molecule has 100 heavy (non-hydrogen) atoms. The smallest absolute Gasteiger partial charge is 0.164 e. The van der Waals surface area contributed by atoms with E-state index < -0.39 is 0 Å². The van der Waals surface area contributed by atoms with Crippen LogP contribution in [0.3, 0.4) is 0 Å². The summed E-state index contributed by atoms with van der Waals surface area (Å²) in [6.45, 7) is 0. The molecule has 20 rings (SSSR count). The van der Waals surface area contributed by atoms with Crippen molar-refractivity contribution in [3.8, 4) is 101 Å². The van der Waals surface area contributed by atoms with Gasteiger partial charge in [-0.1, -0.05) is 212 Å². The van der Waals surface area contributed by atoms with Crippen LogP contribution in [0.5, 0.6) is 0 Å². The molecule has 0 aliphatic heterocycles. The molecule has 15 aromatic carbocycles. The average Bonchev–Trinajstić information content (AvgIpc) is 1.62. The van der Waals surface area contributed by atoms with Crippen LogP contribution in [0.1, 0.15) is 0 Å². The Balaban J connectivity index is 0.686. The van der Waals surface area contributed by atoms with Gasteiger partial charge in [-0.05, 0) is 190 Å². The predicted molar refractivity (Wildman–Crippen MR) is 415 cm³/mol. The van der Waals surface area contributed by atoms with E-state index in [0.29, 0.717) is 17.5 Å². The van der Waals surface area contributed by atoms with Gasteiger partial charge in [0.1, 0.15) is 0 Å². The summed E-state index contributed by atoms with van der Waals surface area (Å²) in [6.07, 6.45) is 0. The lowest BCUT2D eigenvalue weighted by molar-refractivity contribution is 1.07. The van der Waals surface area contributed by atoms with Crippen LogP contribution < -0.4 is 0 Å². The zero-order valence-corrected chi connectivity index (χ0v) is 54.2. The van der Waals surface area contributed by atoms with Gasteiger partial charge in [-0.25, -0.2) is 15.0 Å². The lowest BCUT2D eigenvalue weighted by atomic mass is 9.98. The second-order valence-corrected chi connectivity index (χ2v) is 25.9. The van der Waals surface area contributed by atoms with Gasteiger partial charge in [0.2, 0.25) is 0 Å². The quantitative estimate of drug-likeness (QED) is 0.130. The molecule has 0 aliphatic rings. The van der Waals surface area contributed by atoms with E-state index in [9.17, 15) is 0 Å². The first-order chi connectivity index (χ1) is 49.6. The molecule has 5 aromatic heterocycles. The molecule has 0 bridgehead atoms. The molecule has 7 heteroatoms. The molecular weight excluding hydrogens is 1220 g/mol. The van der Waals surface area contributed by atoms with Crippen LogP contribution in [0.25, 0.3) is 189 Å². The van der Waals surface area contributed by atoms with Crippen LogP contribution in [0.4, 0.5) is 0 Å². The van der Waals surface area contributed by atoms with Crippen molar-refractivity contribution in [1.29, 1.82) is 0 Å². The number of fused-ring (bicyclic) bond motifs is 12. The van der Waals surface area contributed by atoms with Gasteiger partial charge in [-0.15, -0.1) is 0 Å². The standard InChI is InChI=1S/C93H59N7/c1-4-21-60(22-5-1)62-23-18-24-63(53-62)64-25-19-26-69(54-64)92-94-91(61-41-47-73(48-42-61)99-85-39-16-12-35-77(85)81-58-67(45-51-89(81)99)65-43-49-87-79(56-65)75-33-10-14-37-83(75)97(87)71-28-6-2-7-29-71)95-93(96-92)70-27-20-32-74(55-70)100-86-40-17-13-36-78(86)82-59-68(46-52-90(82)100)66-44-50-88-80(57-66)76-34-11-15-38-84(76)98(88)72-30-8-3-9-31-72/h1-59H. The van der Waals surface area contributed by atoms with Crippen LogP contribution in [0.15, 0.2) is 358 Å². The fourth-order valence-corrected chi connectivity index (χ4v) is 15.5. The number of nitrogens with zero attached hydrogens (tertiary/aromatic N) is 7. The second-order valence-electron chi connectivity index (χ2n) is 25.9. The molecular formula is C93H59N7. The minimum absolute atomic E-state index is 0.578. The van der Waals surface area contributed by atoms with Crippen molar-refractivity contribution in [3.63, 3.8) is 0 Å². The van der Waals surface area contributed by atoms with Crippen LogP contribution >= 0.6 is 0 Å². The van der Waals surface area contributed by atoms with Crippen LogP contribution in [-0.4, -0.2) is 33.2 Å². The minimum Gasteiger partial charge on any atom is -0.309 e. The molecule has 0 amide bonds. The Morgan fingerprint density at radius 3 is 0.800 bits per heavy atom. The topological polar surface area (TPSA) is 58.4 Å². The molecule has 0 unspecified atom stereocenters. The molecule has 0 radical (unpaired) electrons. The van der Waals surface area contributed by atoms with Crippen LogP contribution in [0.2, 0.25) is 0 Å². The summed E-state index contributed by atoms with van der Waals surface area (Å²) < 4.78 is 9.50. The van der Waals surface area contributed by atoms with Crippen LogP contribution in [-0.2, 0) is 0 Å². The first-order valence-corrected chi connectivity index (χ1v) is 34.1. The van der Waals surface area contributed by atoms with Gasteiger partial charge < -0.3 is 18.3 Å². The molecule has 0 N–H and O–H groups in total. The first kappa shape index (κ1) is 56.8. The summed E-state index contributed by atoms with van der Waals surface area (Å²) in [4.78, 5) is 16.2. The van der Waals surface area contributed by atoms with Gasteiger partial charge in [0.25, 0.3) is 0 Å². The van der Waals surface area contributed by atoms with Crippen molar-refractivity contribution in [2.24, 2.45) is 0 Å². The van der Waals surface area contributed by atoms with E-state index in [1.807, 2.05) is 0 Å². The Bertz CT molecular complexity index is 6630. The number of para-hydroxylation sites is 6. The van der Waals surface area contributed by atoms with E-state index in [-0.39, 0.29) is 0 Å². The highest BCUT2D eigenvalue weighted by atomic mass is 15.0. The minimum atomic E-state index is 0.578. The highest BCUT2D eigenvalue weighted by Crippen LogP contribution is 2.42. The van der Waals surface area contributed by atoms with E-state index in [1.54, 1.807) is 0 Å². The predicted octanol–water partition coefficient (Wildman–Crippen LogP) is 23.9. The lowest BCUT2D eigenvalue weighted by Gasteiger charge is -2.13. The Morgan fingerprint density at radius 1 is 0.140 bits per heavy atom. The van der Waals surface area contributed by atoms with Gasteiger partial charge in [0.05, 0.1) is 44.1 Å². The number of hydrogen-bond donors (Lipinski definition) is 0. The highest BCUT2D eigenvalue weighted by Gasteiger charge is 2.22. The average molecular weight is 1270 g/mol. The Morgan fingerprint density at radius 2 is 0.390 bits per heavy atom. The monoisotopic (exact) mass is 1270 g/mol. The third-order valence-corrected chi connectivity index (χ3v) is 20.2. The first-order valence-electron chi connectivity index (χ1n) is 34.1. The van der Waals surface area contributed by atoms with Crippen molar-refractivity contribution in [2.45, 2.75) is 0 Å². The summed E-state index contributed by atoms with van der Waals surface area (Å²) in [7, 11) is 0. The van der Waals surface area contributed by atoms with Crippen LogP contribution in [0, 0.1) is 0 Å². The van der Waals surface area contributed by atoms with Gasteiger partial charge in [0.15, 0.2) is 17.5 Å². The van der Waals surface area contributed by atoms with Crippen molar-refractivity contribution < 1.29 is 0 Å². The Kier molecular flexibility index (Phi) is 13.1. The number of rotatable bonds is 11. The third-order valence-electron chi connectivity index (χ3n) is 20.2. The summed E-state index contributed by atoms with van der Waals surface area (Å²) >= 11 is 0. The molecule has 466 valence electrons. The third kappa shape index (κ3) is 9.39. The maximum Gasteiger partial charge on any atom is 0.164 e. The number of aromatic nitrogens is 7. The number of hydrogen-bond acceptors (Lipinski definition) is 3. The maximum atomic E-state index is 5.42. The molecule has 0 saturated carbocycles. The molecule has 0 spiro atoms. The summed E-state index contributed by atoms with van der Waals surface area (Å²) in [5, 5.41) is 9.66. The van der Waals surface area contributed by atoms with Crippen molar-refractivity contribution in [2.75, 3.05) is 0 Å². The summed E-state index contributed by atoms with van der Waals surface area (Å²) in [6, 6.07) is 129. The highest BCUT2D eigenvalue weighted by molar-refractivity contribution is 6.15. The fourth-order valence-electron chi connectivity index (χ4n) is 15.5. The van der Waals surface area contributed by atoms with E-state index in [4.69, 9.17) is 15.0 Å². The Hall–Kier alpha value is -13.5. The summed E-state index contributed by atoms with van der Waals surface area (Å²) in [5.74, 6) is 1.74. The zero-order chi connectivity index (χ0) is 65.8. The zero-order valence-electron chi connectivity index (χ0n) is 54.2. The van der Waals surface area contributed by atoms with Gasteiger partial charge in [-0.3, -0.25) is 0 Å². The largest absolute Gasteiger partial charge is 0.309 e. The van der Waals surface area contributed by atoms with Crippen molar-refractivity contribution >= 4 is 87.2 Å². The number of benzene rings is 15. The second kappa shape index (κ2) is 23.1. The normalized spacial score (nSPS) is 11.8. The molecule has 0 fully saturated rings. The van der Waals surface area contributed by atoms with E-state index in [1.165, 1.54) is 87.4 Å². The maximum absolute atomic E-state index is 5.42. The fraction of sp³-hybridized carbons (Fsp3) is 0. The molecule has 20 aromatic rings. The van der Waals surface area contributed by atoms with Gasteiger partial charge >= 0.3 is 0 Å². The van der Waals surface area contributed by atoms with Crippen molar-refractivity contribution in [3.05, 3.63) is 358 Å². The van der Waals surface area contributed by atoms with Crippen molar-refractivity contribution in [1.82, 2.24) is 33.2 Å². The lowest BCUT2D eigenvalue weighted by Crippen LogP contribution is -2.01. The van der Waals surface area contributed by atoms with Gasteiger partial charge in [-0.2, -0.15) is 0 Å². The molecule has 5 heterocycles. The molecule has 0 atom stereocenters. The Labute approximate surface area is 576 Å². The molecule has 0 aliphatic carbocycles. The molecule has 0 saturated heterocycles.